The molecular weight excluding hydrogens is 306 g/mol. The minimum atomic E-state index is -0.105. The minimum Gasteiger partial charge on any atom is -0.355 e. The summed E-state index contributed by atoms with van der Waals surface area (Å²) in [6.07, 6.45) is 0.970. The van der Waals surface area contributed by atoms with Gasteiger partial charge in [-0.3, -0.25) is 14.6 Å². The minimum absolute atomic E-state index is 0.102. The molecule has 1 fully saturated rings. The molecule has 1 aliphatic heterocycles. The van der Waals surface area contributed by atoms with E-state index in [0.29, 0.717) is 12.4 Å². The zero-order valence-corrected chi connectivity index (χ0v) is 15.6. The molecule has 1 saturated heterocycles. The molecule has 0 bridgehead atoms. The summed E-state index contributed by atoms with van der Waals surface area (Å²) in [6, 6.07) is 0.102. The van der Waals surface area contributed by atoms with Crippen LogP contribution in [0.25, 0.3) is 0 Å². The first-order chi connectivity index (χ1) is 11.3. The van der Waals surface area contributed by atoms with Gasteiger partial charge >= 0.3 is 0 Å². The fraction of sp³-hybridized carbons (Fsp3) is 0.824. The number of piperazine rings is 1. The lowest BCUT2D eigenvalue weighted by Gasteiger charge is -2.36. The Morgan fingerprint density at radius 3 is 2.50 bits per heavy atom. The van der Waals surface area contributed by atoms with Crippen molar-refractivity contribution in [2.75, 3.05) is 39.3 Å². The molecule has 0 saturated carbocycles. The number of rotatable bonds is 6. The fourth-order valence-electron chi connectivity index (χ4n) is 2.70. The highest BCUT2D eigenvalue weighted by molar-refractivity contribution is 5.77. The van der Waals surface area contributed by atoms with Crippen LogP contribution in [-0.2, 0) is 10.2 Å². The molecule has 1 unspecified atom stereocenters. The van der Waals surface area contributed by atoms with Gasteiger partial charge < -0.3 is 9.84 Å². The molecule has 7 heteroatoms. The number of carbonyl (C=O) groups excluding carboxylic acids is 1. The second-order valence-corrected chi connectivity index (χ2v) is 7.54. The lowest BCUT2D eigenvalue weighted by molar-refractivity contribution is -0.122. The molecule has 0 spiro atoms. The van der Waals surface area contributed by atoms with Crippen LogP contribution >= 0.6 is 0 Å². The first-order valence-electron chi connectivity index (χ1n) is 8.88. The Kier molecular flexibility index (Phi) is 6.34. The summed E-state index contributed by atoms with van der Waals surface area (Å²) in [5, 5.41) is 7.04. The molecule has 136 valence electrons. The van der Waals surface area contributed by atoms with Gasteiger partial charge in [-0.05, 0) is 13.3 Å². The van der Waals surface area contributed by atoms with Gasteiger partial charge in [0.15, 0.2) is 5.82 Å². The van der Waals surface area contributed by atoms with Gasteiger partial charge in [-0.15, -0.1) is 0 Å². The van der Waals surface area contributed by atoms with Crippen molar-refractivity contribution in [2.24, 2.45) is 0 Å². The molecule has 0 aromatic carbocycles. The molecule has 1 amide bonds. The van der Waals surface area contributed by atoms with Crippen LogP contribution in [0.5, 0.6) is 0 Å². The van der Waals surface area contributed by atoms with Crippen molar-refractivity contribution in [3.63, 3.8) is 0 Å². The van der Waals surface area contributed by atoms with Crippen molar-refractivity contribution < 1.29 is 9.32 Å². The summed E-state index contributed by atoms with van der Waals surface area (Å²) in [5.41, 5.74) is -0.105. The van der Waals surface area contributed by atoms with E-state index in [2.05, 4.69) is 59.9 Å². The van der Waals surface area contributed by atoms with E-state index >= 15 is 0 Å². The normalized spacial score (nSPS) is 18.5. The number of nitrogens with one attached hydrogen (secondary N) is 1. The molecule has 1 aromatic rings. The average Bonchev–Trinajstić information content (AvgIpc) is 3.03. The third-order valence-corrected chi connectivity index (χ3v) is 4.36. The smallest absolute Gasteiger partial charge is 0.243 e. The highest BCUT2D eigenvalue weighted by Crippen LogP contribution is 2.24. The van der Waals surface area contributed by atoms with Crippen LogP contribution in [0.1, 0.15) is 58.8 Å². The summed E-state index contributed by atoms with van der Waals surface area (Å²) >= 11 is 0. The first-order valence-corrected chi connectivity index (χ1v) is 8.88. The number of nitrogens with zero attached hydrogens (tertiary/aromatic N) is 4. The monoisotopic (exact) mass is 337 g/mol. The van der Waals surface area contributed by atoms with Crippen LogP contribution in [0.15, 0.2) is 4.52 Å². The van der Waals surface area contributed by atoms with Gasteiger partial charge in [-0.25, -0.2) is 0 Å². The molecule has 24 heavy (non-hydrogen) atoms. The molecule has 0 radical (unpaired) electrons. The molecular formula is C17H31N5O2. The number of hydrogen-bond acceptors (Lipinski definition) is 6. The Bertz CT molecular complexity index is 529. The van der Waals surface area contributed by atoms with E-state index < -0.39 is 0 Å². The van der Waals surface area contributed by atoms with Gasteiger partial charge in [0.1, 0.15) is 0 Å². The van der Waals surface area contributed by atoms with E-state index in [0.717, 1.165) is 45.0 Å². The third-order valence-electron chi connectivity index (χ3n) is 4.36. The maximum Gasteiger partial charge on any atom is 0.243 e. The lowest BCUT2D eigenvalue weighted by atomic mass is 9.96. The van der Waals surface area contributed by atoms with Crippen LogP contribution < -0.4 is 5.32 Å². The lowest BCUT2D eigenvalue weighted by Crippen LogP contribution is -2.50. The standard InChI is InChI=1S/C17H31N5O2/c1-6-7-18-14(23)12-21-8-10-22(11-9-21)13(2)15-19-16(20-24-15)17(3,4)5/h13H,6-12H2,1-5H3,(H,18,23). The number of carbonyl (C=O) groups is 1. The maximum absolute atomic E-state index is 11.8. The van der Waals surface area contributed by atoms with Crippen molar-refractivity contribution in [2.45, 2.75) is 52.5 Å². The number of aromatic nitrogens is 2. The quantitative estimate of drug-likeness (QED) is 0.849. The highest BCUT2D eigenvalue weighted by Gasteiger charge is 2.28. The van der Waals surface area contributed by atoms with E-state index in [1.54, 1.807) is 0 Å². The highest BCUT2D eigenvalue weighted by atomic mass is 16.5. The molecule has 7 nitrogen and oxygen atoms in total. The Balaban J connectivity index is 1.83. The third kappa shape index (κ3) is 5.01. The molecule has 1 aliphatic rings. The van der Waals surface area contributed by atoms with Crippen LogP contribution in [-0.4, -0.2) is 65.1 Å². The van der Waals surface area contributed by atoms with Crippen molar-refractivity contribution in [3.8, 4) is 0 Å². The molecule has 1 aromatic heterocycles. The summed E-state index contributed by atoms with van der Waals surface area (Å²) < 4.78 is 5.46. The molecule has 2 rings (SSSR count). The SMILES string of the molecule is CCCNC(=O)CN1CCN(C(C)c2nc(C(C)(C)C)no2)CC1. The second kappa shape index (κ2) is 8.07. The van der Waals surface area contributed by atoms with Gasteiger partial charge in [0.05, 0.1) is 12.6 Å². The van der Waals surface area contributed by atoms with Crippen LogP contribution in [0, 0.1) is 0 Å². The van der Waals surface area contributed by atoms with E-state index in [-0.39, 0.29) is 17.4 Å². The predicted octanol–water partition coefficient (Wildman–Crippen LogP) is 1.57. The van der Waals surface area contributed by atoms with Crippen molar-refractivity contribution in [1.82, 2.24) is 25.3 Å². The number of hydrogen-bond donors (Lipinski definition) is 1. The van der Waals surface area contributed by atoms with Crippen LogP contribution in [0.3, 0.4) is 0 Å². The first kappa shape index (κ1) is 18.9. The predicted molar refractivity (Wildman–Crippen MR) is 92.7 cm³/mol. The summed E-state index contributed by atoms with van der Waals surface area (Å²) in [4.78, 5) is 20.9. The van der Waals surface area contributed by atoms with Gasteiger partial charge in [0.25, 0.3) is 0 Å². The Hall–Kier alpha value is -1.47. The summed E-state index contributed by atoms with van der Waals surface area (Å²) in [5.74, 6) is 1.54. The van der Waals surface area contributed by atoms with Crippen molar-refractivity contribution >= 4 is 5.91 Å². The molecule has 1 atom stereocenters. The van der Waals surface area contributed by atoms with Crippen molar-refractivity contribution in [3.05, 3.63) is 11.7 Å². The van der Waals surface area contributed by atoms with Gasteiger partial charge in [-0.2, -0.15) is 4.98 Å². The summed E-state index contributed by atoms with van der Waals surface area (Å²) in [6.45, 7) is 15.2. The zero-order valence-electron chi connectivity index (χ0n) is 15.6. The maximum atomic E-state index is 11.8. The zero-order chi connectivity index (χ0) is 17.7. The molecule has 1 N–H and O–H groups in total. The molecule has 0 aliphatic carbocycles. The van der Waals surface area contributed by atoms with E-state index in [4.69, 9.17) is 4.52 Å². The number of amides is 1. The van der Waals surface area contributed by atoms with E-state index in [9.17, 15) is 4.79 Å². The Morgan fingerprint density at radius 1 is 1.29 bits per heavy atom. The van der Waals surface area contributed by atoms with Gasteiger partial charge in [0.2, 0.25) is 11.8 Å². The largest absolute Gasteiger partial charge is 0.355 e. The van der Waals surface area contributed by atoms with Gasteiger partial charge in [-0.1, -0.05) is 32.9 Å². The van der Waals surface area contributed by atoms with Crippen LogP contribution in [0.2, 0.25) is 0 Å². The van der Waals surface area contributed by atoms with Crippen molar-refractivity contribution in [1.29, 1.82) is 0 Å². The second-order valence-electron chi connectivity index (χ2n) is 7.54. The van der Waals surface area contributed by atoms with Gasteiger partial charge in [0, 0.05) is 38.1 Å². The van der Waals surface area contributed by atoms with Crippen LogP contribution in [0.4, 0.5) is 0 Å². The average molecular weight is 337 g/mol. The topological polar surface area (TPSA) is 74.5 Å². The van der Waals surface area contributed by atoms with E-state index in [1.165, 1.54) is 0 Å². The Labute approximate surface area is 144 Å². The Morgan fingerprint density at radius 2 is 1.96 bits per heavy atom. The summed E-state index contributed by atoms with van der Waals surface area (Å²) in [7, 11) is 0. The fourth-order valence-corrected chi connectivity index (χ4v) is 2.70. The van der Waals surface area contributed by atoms with E-state index in [1.807, 2.05) is 0 Å². The molecule has 2 heterocycles.